The summed E-state index contributed by atoms with van der Waals surface area (Å²) in [4.78, 5) is 2.86. The molecule has 2 rings (SSSR count). The summed E-state index contributed by atoms with van der Waals surface area (Å²) < 4.78 is 0. The van der Waals surface area contributed by atoms with Gasteiger partial charge in [0.05, 0.1) is 0 Å². The Kier molecular flexibility index (Phi) is 3.38. The minimum absolute atomic E-state index is 0.697. The molecule has 1 nitrogen and oxygen atoms in total. The molecule has 14 heavy (non-hydrogen) atoms. The molecular formula is C12H17NS. The normalized spacial score (nSPS) is 21.4. The van der Waals surface area contributed by atoms with Crippen LogP contribution in [0.15, 0.2) is 24.3 Å². The summed E-state index contributed by atoms with van der Waals surface area (Å²) in [5, 5.41) is 3.61. The Balaban J connectivity index is 1.79. The van der Waals surface area contributed by atoms with E-state index in [1.807, 2.05) is 11.3 Å². The summed E-state index contributed by atoms with van der Waals surface area (Å²) in [6, 6.07) is 5.12. The second kappa shape index (κ2) is 4.76. The number of rotatable bonds is 3. The van der Waals surface area contributed by atoms with Gasteiger partial charge in [0.25, 0.3) is 0 Å². The Bertz CT molecular complexity index is 314. The molecular weight excluding hydrogens is 190 g/mol. The van der Waals surface area contributed by atoms with Crippen LogP contribution in [-0.2, 0) is 6.54 Å². The molecule has 0 spiro atoms. The molecule has 0 aliphatic heterocycles. The van der Waals surface area contributed by atoms with Crippen LogP contribution in [0.5, 0.6) is 0 Å². The van der Waals surface area contributed by atoms with E-state index in [9.17, 15) is 0 Å². The van der Waals surface area contributed by atoms with Crippen LogP contribution in [0.3, 0.4) is 0 Å². The van der Waals surface area contributed by atoms with Crippen molar-refractivity contribution in [2.75, 3.05) is 0 Å². The first kappa shape index (κ1) is 9.94. The highest BCUT2D eigenvalue weighted by Gasteiger charge is 2.08. The third-order valence-corrected chi connectivity index (χ3v) is 3.63. The minimum Gasteiger partial charge on any atom is -0.309 e. The van der Waals surface area contributed by atoms with Gasteiger partial charge in [-0.15, -0.1) is 11.3 Å². The van der Waals surface area contributed by atoms with Gasteiger partial charge in [0.2, 0.25) is 0 Å². The van der Waals surface area contributed by atoms with E-state index in [-0.39, 0.29) is 0 Å². The second-order valence-electron chi connectivity index (χ2n) is 3.87. The zero-order valence-electron chi connectivity index (χ0n) is 8.62. The van der Waals surface area contributed by atoms with E-state index in [2.05, 4.69) is 36.5 Å². The van der Waals surface area contributed by atoms with Crippen molar-refractivity contribution < 1.29 is 0 Å². The number of thiophene rings is 1. The van der Waals surface area contributed by atoms with Crippen LogP contribution < -0.4 is 5.32 Å². The van der Waals surface area contributed by atoms with Crippen molar-refractivity contribution in [2.24, 2.45) is 0 Å². The van der Waals surface area contributed by atoms with Gasteiger partial charge >= 0.3 is 0 Å². The molecule has 0 bridgehead atoms. The lowest BCUT2D eigenvalue weighted by atomic mass is 10.0. The van der Waals surface area contributed by atoms with Crippen molar-refractivity contribution in [3.05, 3.63) is 34.0 Å². The topological polar surface area (TPSA) is 12.0 Å². The van der Waals surface area contributed by atoms with Crippen molar-refractivity contribution in [1.82, 2.24) is 5.32 Å². The smallest absolute Gasteiger partial charge is 0.0302 e. The Labute approximate surface area is 89.8 Å². The molecule has 1 N–H and O–H groups in total. The second-order valence-corrected chi connectivity index (χ2v) is 5.25. The molecule has 2 heteroatoms. The number of aryl methyl sites for hydroxylation is 1. The van der Waals surface area contributed by atoms with Crippen molar-refractivity contribution in [3.8, 4) is 0 Å². The van der Waals surface area contributed by atoms with Crippen LogP contribution in [0.1, 0.15) is 29.0 Å². The monoisotopic (exact) mass is 207 g/mol. The highest BCUT2D eigenvalue weighted by molar-refractivity contribution is 7.11. The van der Waals surface area contributed by atoms with E-state index in [0.29, 0.717) is 6.04 Å². The molecule has 1 heterocycles. The first-order chi connectivity index (χ1) is 6.84. The summed E-state index contributed by atoms with van der Waals surface area (Å²) in [6.45, 7) is 3.20. The molecule has 0 radical (unpaired) electrons. The van der Waals surface area contributed by atoms with Gasteiger partial charge in [0, 0.05) is 22.3 Å². The van der Waals surface area contributed by atoms with Crippen LogP contribution in [-0.4, -0.2) is 6.04 Å². The van der Waals surface area contributed by atoms with E-state index < -0.39 is 0 Å². The zero-order valence-corrected chi connectivity index (χ0v) is 9.44. The lowest BCUT2D eigenvalue weighted by Gasteiger charge is -2.18. The fourth-order valence-corrected chi connectivity index (χ4v) is 2.65. The molecule has 1 aliphatic rings. The molecule has 0 saturated carbocycles. The summed E-state index contributed by atoms with van der Waals surface area (Å²) in [5.41, 5.74) is 0. The maximum Gasteiger partial charge on any atom is 0.0302 e. The van der Waals surface area contributed by atoms with Gasteiger partial charge in [0.15, 0.2) is 0 Å². The van der Waals surface area contributed by atoms with E-state index >= 15 is 0 Å². The highest BCUT2D eigenvalue weighted by Crippen LogP contribution is 2.16. The predicted octanol–water partition coefficient (Wildman–Crippen LogP) is 3.25. The maximum atomic E-state index is 3.61. The molecule has 1 unspecified atom stereocenters. The highest BCUT2D eigenvalue weighted by atomic mass is 32.1. The van der Waals surface area contributed by atoms with Gasteiger partial charge in [-0.25, -0.2) is 0 Å². The quantitative estimate of drug-likeness (QED) is 0.750. The third-order valence-electron chi connectivity index (χ3n) is 2.63. The Morgan fingerprint density at radius 2 is 2.36 bits per heavy atom. The average Bonchev–Trinajstić information content (AvgIpc) is 2.63. The molecule has 1 atom stereocenters. The van der Waals surface area contributed by atoms with Crippen LogP contribution in [0.4, 0.5) is 0 Å². The van der Waals surface area contributed by atoms with Crippen LogP contribution in [0.2, 0.25) is 0 Å². The SMILES string of the molecule is Cc1ccc(CNC2CC=CCC2)s1. The zero-order chi connectivity index (χ0) is 9.80. The van der Waals surface area contributed by atoms with Gasteiger partial charge in [0.1, 0.15) is 0 Å². The number of allylic oxidation sites excluding steroid dienone is 1. The molecule has 1 aromatic rings. The molecule has 0 amide bonds. The average molecular weight is 207 g/mol. The van der Waals surface area contributed by atoms with Crippen LogP contribution in [0, 0.1) is 6.92 Å². The van der Waals surface area contributed by atoms with Crippen molar-refractivity contribution in [1.29, 1.82) is 0 Å². The van der Waals surface area contributed by atoms with Crippen molar-refractivity contribution in [2.45, 2.75) is 38.8 Å². The molecule has 0 saturated heterocycles. The Morgan fingerprint density at radius 1 is 1.43 bits per heavy atom. The van der Waals surface area contributed by atoms with Crippen LogP contribution in [0.25, 0.3) is 0 Å². The Hall–Kier alpha value is -0.600. The summed E-state index contributed by atoms with van der Waals surface area (Å²) in [6.07, 6.45) is 8.31. The van der Waals surface area contributed by atoms with Gasteiger partial charge in [-0.05, 0) is 38.3 Å². The van der Waals surface area contributed by atoms with Gasteiger partial charge < -0.3 is 5.32 Å². The van der Waals surface area contributed by atoms with E-state index in [1.165, 1.54) is 29.0 Å². The summed E-state index contributed by atoms with van der Waals surface area (Å²) in [7, 11) is 0. The molecule has 76 valence electrons. The number of hydrogen-bond acceptors (Lipinski definition) is 2. The van der Waals surface area contributed by atoms with Crippen molar-refractivity contribution >= 4 is 11.3 Å². The van der Waals surface area contributed by atoms with Gasteiger partial charge in [-0.1, -0.05) is 12.2 Å². The van der Waals surface area contributed by atoms with Crippen LogP contribution >= 0.6 is 11.3 Å². The Morgan fingerprint density at radius 3 is 3.00 bits per heavy atom. The summed E-state index contributed by atoms with van der Waals surface area (Å²) in [5.74, 6) is 0. The molecule has 1 aromatic heterocycles. The summed E-state index contributed by atoms with van der Waals surface area (Å²) >= 11 is 1.90. The number of hydrogen-bond donors (Lipinski definition) is 1. The van der Waals surface area contributed by atoms with Crippen molar-refractivity contribution in [3.63, 3.8) is 0 Å². The maximum absolute atomic E-state index is 3.61. The molecule has 0 fully saturated rings. The first-order valence-electron chi connectivity index (χ1n) is 5.28. The number of nitrogens with one attached hydrogen (secondary N) is 1. The van der Waals surface area contributed by atoms with Gasteiger partial charge in [-0.2, -0.15) is 0 Å². The van der Waals surface area contributed by atoms with E-state index in [0.717, 1.165) is 6.54 Å². The fourth-order valence-electron chi connectivity index (χ4n) is 1.80. The minimum atomic E-state index is 0.697. The largest absolute Gasteiger partial charge is 0.309 e. The molecule has 0 aromatic carbocycles. The lowest BCUT2D eigenvalue weighted by Crippen LogP contribution is -2.28. The third kappa shape index (κ3) is 2.69. The van der Waals surface area contributed by atoms with Gasteiger partial charge in [-0.3, -0.25) is 0 Å². The van der Waals surface area contributed by atoms with E-state index in [4.69, 9.17) is 0 Å². The first-order valence-corrected chi connectivity index (χ1v) is 6.10. The predicted molar refractivity (Wildman–Crippen MR) is 62.7 cm³/mol. The molecule has 1 aliphatic carbocycles. The van der Waals surface area contributed by atoms with E-state index in [1.54, 1.807) is 0 Å². The standard InChI is InChI=1S/C12H17NS/c1-10-7-8-12(14-10)9-13-11-5-3-2-4-6-11/h2-3,7-8,11,13H,4-6,9H2,1H3. The fraction of sp³-hybridized carbons (Fsp3) is 0.500. The lowest BCUT2D eigenvalue weighted by molar-refractivity contribution is 0.476.